The average molecular weight is 279 g/mol. The predicted molar refractivity (Wildman–Crippen MR) is 75.9 cm³/mol. The van der Waals surface area contributed by atoms with Gasteiger partial charge in [-0.2, -0.15) is 5.26 Å². The molecule has 0 aromatic heterocycles. The summed E-state index contributed by atoms with van der Waals surface area (Å²) in [4.78, 5) is 2.10. The Bertz CT molecular complexity index is 452. The molecule has 2 rings (SSSR count). The summed E-state index contributed by atoms with van der Waals surface area (Å²) < 4.78 is 0. The topological polar surface area (TPSA) is 47.3 Å². The molecular formula is C15H19ClN2O. The third-order valence-corrected chi connectivity index (χ3v) is 3.99. The van der Waals surface area contributed by atoms with E-state index in [1.165, 1.54) is 12.8 Å². The summed E-state index contributed by atoms with van der Waals surface area (Å²) in [6.07, 6.45) is 4.11. The van der Waals surface area contributed by atoms with Crippen LogP contribution in [-0.2, 0) is 0 Å². The third kappa shape index (κ3) is 3.94. The van der Waals surface area contributed by atoms with E-state index in [-0.39, 0.29) is 0 Å². The normalized spacial score (nSPS) is 17.6. The van der Waals surface area contributed by atoms with E-state index in [1.807, 2.05) is 12.1 Å². The lowest BCUT2D eigenvalue weighted by Crippen LogP contribution is -2.37. The quantitative estimate of drug-likeness (QED) is 0.842. The number of aliphatic hydroxyl groups excluding tert-OH is 1. The van der Waals surface area contributed by atoms with Crippen molar-refractivity contribution in [2.24, 2.45) is 0 Å². The van der Waals surface area contributed by atoms with Crippen LogP contribution in [0.5, 0.6) is 0 Å². The molecule has 0 radical (unpaired) electrons. The van der Waals surface area contributed by atoms with Crippen molar-refractivity contribution in [1.82, 2.24) is 4.90 Å². The van der Waals surface area contributed by atoms with Crippen LogP contribution in [-0.4, -0.2) is 29.1 Å². The maximum absolute atomic E-state index is 10.3. The molecule has 1 N–H and O–H groups in total. The first kappa shape index (κ1) is 14.3. The van der Waals surface area contributed by atoms with E-state index in [9.17, 15) is 5.11 Å². The Morgan fingerprint density at radius 2 is 2.16 bits per heavy atom. The minimum absolute atomic E-state index is 0.377. The summed E-state index contributed by atoms with van der Waals surface area (Å²) in [5.41, 5.74) is 0.813. The lowest BCUT2D eigenvalue weighted by atomic mass is 10.1. The fraction of sp³-hybridized carbons (Fsp3) is 0.533. The van der Waals surface area contributed by atoms with Gasteiger partial charge in [0.1, 0.15) is 0 Å². The number of rotatable bonds is 5. The molecule has 1 aromatic carbocycles. The molecule has 3 nitrogen and oxygen atoms in total. The van der Waals surface area contributed by atoms with Crippen molar-refractivity contribution in [2.45, 2.75) is 37.8 Å². The van der Waals surface area contributed by atoms with Crippen LogP contribution in [0.1, 0.15) is 37.4 Å². The fourth-order valence-electron chi connectivity index (χ4n) is 2.74. The van der Waals surface area contributed by atoms with Crippen molar-refractivity contribution in [3.05, 3.63) is 34.9 Å². The summed E-state index contributed by atoms with van der Waals surface area (Å²) in [7, 11) is 0. The van der Waals surface area contributed by atoms with Crippen molar-refractivity contribution in [1.29, 1.82) is 5.26 Å². The molecule has 19 heavy (non-hydrogen) atoms. The Balaban J connectivity index is 2.02. The Kier molecular flexibility index (Phi) is 5.21. The van der Waals surface area contributed by atoms with Crippen LogP contribution >= 0.6 is 11.6 Å². The molecule has 1 saturated carbocycles. The number of nitriles is 1. The van der Waals surface area contributed by atoms with Gasteiger partial charge in [-0.15, -0.1) is 0 Å². The number of halogens is 1. The minimum atomic E-state index is -0.590. The Morgan fingerprint density at radius 3 is 2.79 bits per heavy atom. The Hall–Kier alpha value is -1.08. The van der Waals surface area contributed by atoms with E-state index in [2.05, 4.69) is 11.0 Å². The molecule has 1 fully saturated rings. The van der Waals surface area contributed by atoms with E-state index < -0.39 is 6.10 Å². The van der Waals surface area contributed by atoms with Crippen LogP contribution in [0.25, 0.3) is 0 Å². The summed E-state index contributed by atoms with van der Waals surface area (Å²) >= 11 is 5.94. The number of hydrogen-bond donors (Lipinski definition) is 1. The van der Waals surface area contributed by atoms with Crippen molar-refractivity contribution < 1.29 is 5.11 Å². The van der Waals surface area contributed by atoms with E-state index in [1.54, 1.807) is 12.1 Å². The van der Waals surface area contributed by atoms with Crippen LogP contribution in [0, 0.1) is 11.3 Å². The van der Waals surface area contributed by atoms with Crippen molar-refractivity contribution in [3.63, 3.8) is 0 Å². The first-order valence-corrected chi connectivity index (χ1v) is 7.13. The lowest BCUT2D eigenvalue weighted by molar-refractivity contribution is 0.0967. The van der Waals surface area contributed by atoms with Gasteiger partial charge in [0.05, 0.1) is 18.7 Å². The van der Waals surface area contributed by atoms with Gasteiger partial charge in [0.15, 0.2) is 0 Å². The highest BCUT2D eigenvalue weighted by Gasteiger charge is 2.24. The van der Waals surface area contributed by atoms with Crippen LogP contribution in [0.15, 0.2) is 24.3 Å². The molecular weight excluding hydrogens is 260 g/mol. The third-order valence-electron chi connectivity index (χ3n) is 3.76. The fourth-order valence-corrected chi connectivity index (χ4v) is 2.94. The summed E-state index contributed by atoms with van der Waals surface area (Å²) in [5.74, 6) is 0. The Morgan fingerprint density at radius 1 is 1.42 bits per heavy atom. The second-order valence-electron chi connectivity index (χ2n) is 5.10. The zero-order valence-corrected chi connectivity index (χ0v) is 11.7. The van der Waals surface area contributed by atoms with Gasteiger partial charge in [-0.05, 0) is 30.5 Å². The molecule has 1 aliphatic rings. The van der Waals surface area contributed by atoms with Crippen molar-refractivity contribution >= 4 is 11.6 Å². The zero-order valence-electron chi connectivity index (χ0n) is 10.9. The van der Waals surface area contributed by atoms with Gasteiger partial charge < -0.3 is 5.11 Å². The van der Waals surface area contributed by atoms with Gasteiger partial charge >= 0.3 is 0 Å². The van der Waals surface area contributed by atoms with Crippen molar-refractivity contribution in [3.8, 4) is 6.07 Å². The first-order chi connectivity index (χ1) is 9.20. The summed E-state index contributed by atoms with van der Waals surface area (Å²) in [6.45, 7) is 0.876. The van der Waals surface area contributed by atoms with Crippen LogP contribution in [0.2, 0.25) is 5.02 Å². The Labute approximate surface area is 119 Å². The molecule has 0 aliphatic heterocycles. The van der Waals surface area contributed by atoms with Crippen molar-refractivity contribution in [2.75, 3.05) is 13.1 Å². The molecule has 1 aromatic rings. The smallest absolute Gasteiger partial charge is 0.0917 e. The highest BCUT2D eigenvalue weighted by molar-refractivity contribution is 6.30. The molecule has 1 unspecified atom stereocenters. The highest BCUT2D eigenvalue weighted by atomic mass is 35.5. The van der Waals surface area contributed by atoms with Crippen LogP contribution in [0.3, 0.4) is 0 Å². The van der Waals surface area contributed by atoms with E-state index >= 15 is 0 Å². The van der Waals surface area contributed by atoms with E-state index in [0.717, 1.165) is 18.4 Å². The SMILES string of the molecule is N#CCN(CC(O)c1cccc(Cl)c1)C1CCCC1. The largest absolute Gasteiger partial charge is 0.387 e. The molecule has 0 spiro atoms. The maximum atomic E-state index is 10.3. The molecule has 4 heteroatoms. The van der Waals surface area contributed by atoms with Crippen LogP contribution < -0.4 is 0 Å². The summed E-state index contributed by atoms with van der Waals surface area (Å²) in [5, 5.41) is 19.9. The molecule has 1 aliphatic carbocycles. The molecule has 0 heterocycles. The van der Waals surface area contributed by atoms with E-state index in [4.69, 9.17) is 16.9 Å². The molecule has 1 atom stereocenters. The summed E-state index contributed by atoms with van der Waals surface area (Å²) in [6, 6.07) is 9.93. The molecule has 0 amide bonds. The second kappa shape index (κ2) is 6.91. The zero-order chi connectivity index (χ0) is 13.7. The van der Waals surface area contributed by atoms with Gasteiger partial charge in [0.25, 0.3) is 0 Å². The number of benzene rings is 1. The van der Waals surface area contributed by atoms with Crippen LogP contribution in [0.4, 0.5) is 0 Å². The monoisotopic (exact) mass is 278 g/mol. The average Bonchev–Trinajstić information content (AvgIpc) is 2.92. The van der Waals surface area contributed by atoms with Gasteiger partial charge in [-0.1, -0.05) is 36.6 Å². The van der Waals surface area contributed by atoms with Gasteiger partial charge in [-0.25, -0.2) is 0 Å². The standard InChI is InChI=1S/C15H19ClN2O/c16-13-5-3-4-12(10-13)15(19)11-18(9-8-17)14-6-1-2-7-14/h3-5,10,14-15,19H,1-2,6-7,9,11H2. The van der Waals surface area contributed by atoms with Gasteiger partial charge in [0.2, 0.25) is 0 Å². The first-order valence-electron chi connectivity index (χ1n) is 6.75. The molecule has 0 saturated heterocycles. The highest BCUT2D eigenvalue weighted by Crippen LogP contribution is 2.26. The van der Waals surface area contributed by atoms with E-state index in [0.29, 0.717) is 24.2 Å². The molecule has 0 bridgehead atoms. The number of hydrogen-bond acceptors (Lipinski definition) is 3. The predicted octanol–water partition coefficient (Wildman–Crippen LogP) is 3.14. The second-order valence-corrected chi connectivity index (χ2v) is 5.53. The lowest BCUT2D eigenvalue weighted by Gasteiger charge is -2.28. The minimum Gasteiger partial charge on any atom is -0.387 e. The number of aliphatic hydroxyl groups is 1. The maximum Gasteiger partial charge on any atom is 0.0917 e. The van der Waals surface area contributed by atoms with Gasteiger partial charge in [0, 0.05) is 17.6 Å². The van der Waals surface area contributed by atoms with Gasteiger partial charge in [-0.3, -0.25) is 4.90 Å². The molecule has 102 valence electrons. The number of nitrogens with zero attached hydrogens (tertiary/aromatic N) is 2.